The van der Waals surface area contributed by atoms with Crippen LogP contribution in [0.25, 0.3) is 0 Å². The maximum atomic E-state index is 11.4. The van der Waals surface area contributed by atoms with Crippen LogP contribution in [0.5, 0.6) is 0 Å². The van der Waals surface area contributed by atoms with Crippen LogP contribution in [-0.2, 0) is 9.53 Å². The van der Waals surface area contributed by atoms with Crippen LogP contribution in [0.15, 0.2) is 30.3 Å². The summed E-state index contributed by atoms with van der Waals surface area (Å²) < 4.78 is 4.97. The molecule has 4 heteroatoms. The summed E-state index contributed by atoms with van der Waals surface area (Å²) in [5.74, 6) is -0.00446. The van der Waals surface area contributed by atoms with Crippen molar-refractivity contribution in [2.45, 2.75) is 31.7 Å². The molecule has 0 aromatic heterocycles. The van der Waals surface area contributed by atoms with Crippen molar-refractivity contribution < 1.29 is 14.6 Å². The highest BCUT2D eigenvalue weighted by Crippen LogP contribution is 2.20. The lowest BCUT2D eigenvalue weighted by Crippen LogP contribution is -2.25. The van der Waals surface area contributed by atoms with Crippen molar-refractivity contribution in [1.29, 1.82) is 0 Å². The van der Waals surface area contributed by atoms with Crippen LogP contribution in [0, 0.1) is 5.92 Å². The number of cyclic esters (lactones) is 1. The van der Waals surface area contributed by atoms with Crippen molar-refractivity contribution in [3.63, 3.8) is 0 Å². The molecule has 1 heterocycles. The minimum Gasteiger partial charge on any atom is -0.465 e. The second-order valence-electron chi connectivity index (χ2n) is 5.22. The molecule has 0 bridgehead atoms. The van der Waals surface area contributed by atoms with Gasteiger partial charge in [-0.3, -0.25) is 4.79 Å². The summed E-state index contributed by atoms with van der Waals surface area (Å²) >= 11 is 0. The Morgan fingerprint density at radius 2 is 2.15 bits per heavy atom. The molecular formula is C16H23NO3. The first-order chi connectivity index (χ1) is 9.81. The number of esters is 1. The lowest BCUT2D eigenvalue weighted by atomic mass is 10.0. The van der Waals surface area contributed by atoms with Gasteiger partial charge in [-0.1, -0.05) is 30.3 Å². The number of ether oxygens (including phenoxy) is 1. The molecule has 2 N–H and O–H groups in total. The summed E-state index contributed by atoms with van der Waals surface area (Å²) in [5.41, 5.74) is 1.23. The average molecular weight is 277 g/mol. The zero-order valence-corrected chi connectivity index (χ0v) is 11.8. The lowest BCUT2D eigenvalue weighted by Gasteiger charge is -2.19. The molecule has 0 aliphatic carbocycles. The quantitative estimate of drug-likeness (QED) is 0.714. The molecule has 1 saturated heterocycles. The normalized spacial score (nSPS) is 19.9. The molecule has 2 atom stereocenters. The van der Waals surface area contributed by atoms with Gasteiger partial charge in [-0.2, -0.15) is 0 Å². The number of carbonyl (C=O) groups excluding carboxylic acids is 1. The highest BCUT2D eigenvalue weighted by molar-refractivity contribution is 5.74. The third-order valence-electron chi connectivity index (χ3n) is 3.78. The van der Waals surface area contributed by atoms with Crippen LogP contribution in [0.3, 0.4) is 0 Å². The Morgan fingerprint density at radius 1 is 1.35 bits per heavy atom. The van der Waals surface area contributed by atoms with Crippen molar-refractivity contribution in [3.05, 3.63) is 35.9 Å². The van der Waals surface area contributed by atoms with Gasteiger partial charge in [0.1, 0.15) is 0 Å². The van der Waals surface area contributed by atoms with Crippen LogP contribution >= 0.6 is 0 Å². The summed E-state index contributed by atoms with van der Waals surface area (Å²) in [7, 11) is 0. The first-order valence-electron chi connectivity index (χ1n) is 7.37. The van der Waals surface area contributed by atoms with Crippen LogP contribution in [0.2, 0.25) is 0 Å². The van der Waals surface area contributed by atoms with Gasteiger partial charge in [0.25, 0.3) is 0 Å². The molecule has 1 aliphatic rings. The minimum atomic E-state index is -0.0570. The van der Waals surface area contributed by atoms with Gasteiger partial charge in [0, 0.05) is 12.6 Å². The Morgan fingerprint density at radius 3 is 2.80 bits per heavy atom. The standard InChI is InChI=1S/C16H23NO3/c18-11-4-7-15(13-5-2-1-3-6-13)17-10-8-14-9-12-20-16(14)19/h1-3,5-6,14-15,17-18H,4,7-12H2. The van der Waals surface area contributed by atoms with E-state index in [0.717, 1.165) is 32.2 Å². The summed E-state index contributed by atoms with van der Waals surface area (Å²) in [6.07, 6.45) is 3.34. The van der Waals surface area contributed by atoms with E-state index in [2.05, 4.69) is 17.4 Å². The second-order valence-corrected chi connectivity index (χ2v) is 5.22. The molecule has 0 radical (unpaired) electrons. The van der Waals surface area contributed by atoms with Gasteiger partial charge in [-0.15, -0.1) is 0 Å². The van der Waals surface area contributed by atoms with Crippen LogP contribution in [0.4, 0.5) is 0 Å². The highest BCUT2D eigenvalue weighted by atomic mass is 16.5. The molecule has 0 amide bonds. The molecule has 20 heavy (non-hydrogen) atoms. The average Bonchev–Trinajstić information content (AvgIpc) is 2.89. The van der Waals surface area contributed by atoms with Crippen molar-refractivity contribution in [2.75, 3.05) is 19.8 Å². The van der Waals surface area contributed by atoms with E-state index in [9.17, 15) is 4.79 Å². The van der Waals surface area contributed by atoms with Gasteiger partial charge >= 0.3 is 5.97 Å². The maximum absolute atomic E-state index is 11.4. The van der Waals surface area contributed by atoms with Crippen LogP contribution in [0.1, 0.15) is 37.3 Å². The van der Waals surface area contributed by atoms with Crippen molar-refractivity contribution in [1.82, 2.24) is 5.32 Å². The predicted octanol–water partition coefficient (Wildman–Crippen LogP) is 2.04. The molecule has 1 aliphatic heterocycles. The Labute approximate surface area is 120 Å². The highest BCUT2D eigenvalue weighted by Gasteiger charge is 2.26. The number of aliphatic hydroxyl groups is 1. The number of rotatable bonds is 8. The minimum absolute atomic E-state index is 0.0526. The number of hydrogen-bond acceptors (Lipinski definition) is 4. The number of nitrogens with one attached hydrogen (secondary N) is 1. The molecule has 2 unspecified atom stereocenters. The number of aliphatic hydroxyl groups excluding tert-OH is 1. The Kier molecular flexibility index (Phi) is 6.02. The number of carbonyl (C=O) groups is 1. The maximum Gasteiger partial charge on any atom is 0.309 e. The second kappa shape index (κ2) is 8.02. The number of hydrogen-bond donors (Lipinski definition) is 2. The van der Waals surface area contributed by atoms with Gasteiger partial charge in [0.15, 0.2) is 0 Å². The van der Waals surface area contributed by atoms with Crippen molar-refractivity contribution >= 4 is 5.97 Å². The van der Waals surface area contributed by atoms with Gasteiger partial charge < -0.3 is 15.2 Å². The summed E-state index contributed by atoms with van der Waals surface area (Å²) in [4.78, 5) is 11.4. The molecule has 4 nitrogen and oxygen atoms in total. The summed E-state index contributed by atoms with van der Waals surface area (Å²) in [6.45, 7) is 1.57. The van der Waals surface area contributed by atoms with E-state index in [4.69, 9.17) is 9.84 Å². The van der Waals surface area contributed by atoms with Crippen LogP contribution in [-0.4, -0.2) is 30.8 Å². The monoisotopic (exact) mass is 277 g/mol. The van der Waals surface area contributed by atoms with Gasteiger partial charge in [-0.25, -0.2) is 0 Å². The van der Waals surface area contributed by atoms with E-state index >= 15 is 0 Å². The summed E-state index contributed by atoms with van der Waals surface area (Å²) in [6, 6.07) is 10.5. The largest absolute Gasteiger partial charge is 0.465 e. The third-order valence-corrected chi connectivity index (χ3v) is 3.78. The first-order valence-corrected chi connectivity index (χ1v) is 7.37. The molecule has 0 saturated carbocycles. The predicted molar refractivity (Wildman–Crippen MR) is 77.2 cm³/mol. The zero-order valence-electron chi connectivity index (χ0n) is 11.8. The van der Waals surface area contributed by atoms with E-state index in [0.29, 0.717) is 6.61 Å². The van der Waals surface area contributed by atoms with Gasteiger partial charge in [0.05, 0.1) is 12.5 Å². The smallest absolute Gasteiger partial charge is 0.309 e. The van der Waals surface area contributed by atoms with Gasteiger partial charge in [0.2, 0.25) is 0 Å². The third kappa shape index (κ3) is 4.32. The van der Waals surface area contributed by atoms with Crippen molar-refractivity contribution in [3.8, 4) is 0 Å². The fourth-order valence-electron chi connectivity index (χ4n) is 2.60. The van der Waals surface area contributed by atoms with Gasteiger partial charge in [-0.05, 0) is 37.8 Å². The first kappa shape index (κ1) is 15.0. The van der Waals surface area contributed by atoms with E-state index in [1.54, 1.807) is 0 Å². The van der Waals surface area contributed by atoms with Crippen LogP contribution < -0.4 is 5.32 Å². The SMILES string of the molecule is O=C1OCCC1CCNC(CCCO)c1ccccc1. The molecular weight excluding hydrogens is 254 g/mol. The van der Waals surface area contributed by atoms with E-state index in [1.807, 2.05) is 18.2 Å². The van der Waals surface area contributed by atoms with E-state index in [1.165, 1.54) is 5.56 Å². The van der Waals surface area contributed by atoms with E-state index in [-0.39, 0.29) is 24.5 Å². The molecule has 0 spiro atoms. The van der Waals surface area contributed by atoms with E-state index < -0.39 is 0 Å². The fourth-order valence-corrected chi connectivity index (χ4v) is 2.60. The van der Waals surface area contributed by atoms with Crippen molar-refractivity contribution in [2.24, 2.45) is 5.92 Å². The molecule has 1 aromatic rings. The molecule has 1 aromatic carbocycles. The topological polar surface area (TPSA) is 58.6 Å². The zero-order chi connectivity index (χ0) is 14.2. The Bertz CT molecular complexity index is 407. The molecule has 2 rings (SSSR count). The number of benzene rings is 1. The Balaban J connectivity index is 1.83. The molecule has 1 fully saturated rings. The fraction of sp³-hybridized carbons (Fsp3) is 0.562. The Hall–Kier alpha value is -1.39. The molecule has 110 valence electrons. The summed E-state index contributed by atoms with van der Waals surface area (Å²) in [5, 5.41) is 12.5. The lowest BCUT2D eigenvalue weighted by molar-refractivity contribution is -0.141.